The van der Waals surface area contributed by atoms with Gasteiger partial charge in [0, 0.05) is 12.4 Å². The highest BCUT2D eigenvalue weighted by atomic mass is 35.5. The van der Waals surface area contributed by atoms with Gasteiger partial charge in [0.2, 0.25) is 0 Å². The topological polar surface area (TPSA) is 68.0 Å². The molecule has 0 fully saturated rings. The molecule has 0 bridgehead atoms. The van der Waals surface area contributed by atoms with Gasteiger partial charge in [0.25, 0.3) is 5.91 Å². The first-order chi connectivity index (χ1) is 10.1. The number of pyridine rings is 1. The van der Waals surface area contributed by atoms with E-state index in [-0.39, 0.29) is 17.3 Å². The molecule has 0 spiro atoms. The molecule has 3 N–H and O–H groups in total. The van der Waals surface area contributed by atoms with Crippen molar-refractivity contribution in [3.8, 4) is 11.8 Å². The van der Waals surface area contributed by atoms with E-state index in [1.54, 1.807) is 0 Å². The van der Waals surface area contributed by atoms with Crippen molar-refractivity contribution >= 4 is 23.2 Å². The van der Waals surface area contributed by atoms with Crippen LogP contribution in [0.4, 0.5) is 10.1 Å². The summed E-state index contributed by atoms with van der Waals surface area (Å²) in [4.78, 5) is 16.2. The summed E-state index contributed by atoms with van der Waals surface area (Å²) in [6, 6.07) is 5.24. The van der Waals surface area contributed by atoms with Crippen molar-refractivity contribution in [2.45, 2.75) is 0 Å². The van der Waals surface area contributed by atoms with Gasteiger partial charge < -0.3 is 11.1 Å². The van der Waals surface area contributed by atoms with E-state index >= 15 is 0 Å². The fourth-order valence-corrected chi connectivity index (χ4v) is 1.79. The van der Waals surface area contributed by atoms with E-state index in [1.165, 1.54) is 30.6 Å². The summed E-state index contributed by atoms with van der Waals surface area (Å²) in [7, 11) is 0. The van der Waals surface area contributed by atoms with E-state index in [0.717, 1.165) is 6.07 Å². The zero-order chi connectivity index (χ0) is 15.2. The molecule has 1 heterocycles. The van der Waals surface area contributed by atoms with Crippen LogP contribution in [0, 0.1) is 17.7 Å². The van der Waals surface area contributed by atoms with Crippen LogP contribution in [0.15, 0.2) is 36.7 Å². The molecule has 0 saturated heterocycles. The van der Waals surface area contributed by atoms with Crippen molar-refractivity contribution < 1.29 is 9.18 Å². The summed E-state index contributed by atoms with van der Waals surface area (Å²) in [5.41, 5.74) is 6.25. The van der Waals surface area contributed by atoms with Crippen LogP contribution >= 0.6 is 11.6 Å². The maximum Gasteiger partial charge on any atom is 0.257 e. The van der Waals surface area contributed by atoms with E-state index in [0.29, 0.717) is 11.1 Å². The van der Waals surface area contributed by atoms with Crippen molar-refractivity contribution in [3.63, 3.8) is 0 Å². The van der Waals surface area contributed by atoms with E-state index in [9.17, 15) is 9.18 Å². The molecule has 0 atom stereocenters. The molecule has 106 valence electrons. The van der Waals surface area contributed by atoms with Gasteiger partial charge in [-0.1, -0.05) is 23.4 Å². The van der Waals surface area contributed by atoms with Gasteiger partial charge in [-0.3, -0.25) is 9.78 Å². The van der Waals surface area contributed by atoms with E-state index in [2.05, 4.69) is 22.1 Å². The Balaban J connectivity index is 2.31. The molecule has 21 heavy (non-hydrogen) atoms. The lowest BCUT2D eigenvalue weighted by Gasteiger charge is -2.08. The maximum atomic E-state index is 13.2. The third kappa shape index (κ3) is 3.78. The Morgan fingerprint density at radius 2 is 2.24 bits per heavy atom. The molecule has 0 unspecified atom stereocenters. The van der Waals surface area contributed by atoms with E-state index in [4.69, 9.17) is 17.3 Å². The summed E-state index contributed by atoms with van der Waals surface area (Å²) < 4.78 is 13.2. The van der Waals surface area contributed by atoms with Crippen LogP contribution in [0.3, 0.4) is 0 Å². The maximum absolute atomic E-state index is 13.2. The van der Waals surface area contributed by atoms with Gasteiger partial charge in [-0.25, -0.2) is 4.39 Å². The van der Waals surface area contributed by atoms with Crippen molar-refractivity contribution in [3.05, 3.63) is 58.6 Å². The number of benzene rings is 1. The molecular weight excluding hydrogens is 293 g/mol. The minimum absolute atomic E-state index is 0.172. The third-order valence-electron chi connectivity index (χ3n) is 2.57. The molecule has 2 rings (SSSR count). The summed E-state index contributed by atoms with van der Waals surface area (Å²) >= 11 is 5.91. The normalized spacial score (nSPS) is 9.67. The number of hydrogen-bond donors (Lipinski definition) is 2. The van der Waals surface area contributed by atoms with Gasteiger partial charge >= 0.3 is 0 Å². The summed E-state index contributed by atoms with van der Waals surface area (Å²) in [5, 5.41) is 2.79. The fourth-order valence-electron chi connectivity index (χ4n) is 1.62. The molecule has 1 aromatic carbocycles. The third-order valence-corrected chi connectivity index (χ3v) is 2.90. The Morgan fingerprint density at radius 3 is 3.00 bits per heavy atom. The molecule has 0 saturated carbocycles. The zero-order valence-corrected chi connectivity index (χ0v) is 11.6. The van der Waals surface area contributed by atoms with E-state index in [1.807, 2.05) is 0 Å². The number of nitrogens with zero attached hydrogens (tertiary/aromatic N) is 1. The van der Waals surface area contributed by atoms with Crippen LogP contribution in [-0.2, 0) is 0 Å². The molecule has 2 aromatic rings. The Morgan fingerprint density at radius 1 is 1.43 bits per heavy atom. The smallest absolute Gasteiger partial charge is 0.257 e. The molecular formula is C15H11ClFN3O. The average molecular weight is 304 g/mol. The lowest BCUT2D eigenvalue weighted by molar-refractivity contribution is 0.102. The number of anilines is 1. The Kier molecular flexibility index (Phi) is 4.88. The molecule has 4 nitrogen and oxygen atoms in total. The van der Waals surface area contributed by atoms with Crippen LogP contribution in [0.2, 0.25) is 5.02 Å². The number of nitrogens with one attached hydrogen (secondary N) is 1. The molecule has 0 aliphatic carbocycles. The highest BCUT2D eigenvalue weighted by molar-refractivity contribution is 6.33. The van der Waals surface area contributed by atoms with Crippen LogP contribution in [0.25, 0.3) is 0 Å². The number of carbonyl (C=O) groups excluding carboxylic acids is 1. The number of hydrogen-bond acceptors (Lipinski definition) is 3. The first-order valence-electron chi connectivity index (χ1n) is 6.01. The van der Waals surface area contributed by atoms with Crippen molar-refractivity contribution in [2.75, 3.05) is 11.9 Å². The summed E-state index contributed by atoms with van der Waals surface area (Å²) in [5.74, 6) is 4.47. The van der Waals surface area contributed by atoms with E-state index < -0.39 is 11.7 Å². The monoisotopic (exact) mass is 303 g/mol. The lowest BCUT2D eigenvalue weighted by atomic mass is 10.1. The largest absolute Gasteiger partial charge is 0.321 e. The second-order valence-electron chi connectivity index (χ2n) is 4.01. The molecule has 1 amide bonds. The van der Waals surface area contributed by atoms with Crippen molar-refractivity contribution in [1.29, 1.82) is 0 Å². The average Bonchev–Trinajstić information content (AvgIpc) is 2.49. The van der Waals surface area contributed by atoms with Crippen molar-refractivity contribution in [2.24, 2.45) is 5.73 Å². The number of rotatable bonds is 2. The summed E-state index contributed by atoms with van der Waals surface area (Å²) in [6.45, 7) is 0.172. The number of aromatic nitrogens is 1. The van der Waals surface area contributed by atoms with Crippen LogP contribution < -0.4 is 11.1 Å². The predicted octanol–water partition coefficient (Wildman–Crippen LogP) is 2.44. The quantitative estimate of drug-likeness (QED) is 0.837. The molecule has 1 aromatic heterocycles. The highest BCUT2D eigenvalue weighted by Gasteiger charge is 2.12. The molecule has 6 heteroatoms. The first-order valence-corrected chi connectivity index (χ1v) is 6.39. The molecule has 0 radical (unpaired) electrons. The Bertz CT molecular complexity index is 737. The van der Waals surface area contributed by atoms with Gasteiger partial charge in [-0.2, -0.15) is 0 Å². The number of halogens is 2. The SMILES string of the molecule is NCC#Cc1cnccc1C(=O)Nc1cc(F)ccc1Cl. The van der Waals surface area contributed by atoms with Gasteiger partial charge in [0.15, 0.2) is 0 Å². The second kappa shape index (κ2) is 6.84. The standard InChI is InChI=1S/C15H11ClFN3O/c16-13-4-3-11(17)8-14(13)20-15(21)12-5-7-19-9-10(12)2-1-6-18/h3-5,7-9H,6,18H2,(H,20,21). The first kappa shape index (κ1) is 15.0. The van der Waals surface area contributed by atoms with Gasteiger partial charge in [-0.05, 0) is 24.3 Å². The Labute approximate surface area is 126 Å². The van der Waals surface area contributed by atoms with Gasteiger partial charge in [0.05, 0.1) is 28.4 Å². The predicted molar refractivity (Wildman–Crippen MR) is 79.5 cm³/mol. The van der Waals surface area contributed by atoms with Gasteiger partial charge in [-0.15, -0.1) is 0 Å². The molecule has 0 aliphatic rings. The van der Waals surface area contributed by atoms with Crippen LogP contribution in [-0.4, -0.2) is 17.4 Å². The van der Waals surface area contributed by atoms with Crippen LogP contribution in [0.5, 0.6) is 0 Å². The van der Waals surface area contributed by atoms with Gasteiger partial charge in [0.1, 0.15) is 5.82 Å². The van der Waals surface area contributed by atoms with Crippen LogP contribution in [0.1, 0.15) is 15.9 Å². The Hall–Kier alpha value is -2.42. The zero-order valence-electron chi connectivity index (χ0n) is 10.9. The fraction of sp³-hybridized carbons (Fsp3) is 0.0667. The minimum atomic E-state index is -0.493. The molecule has 0 aliphatic heterocycles. The number of amides is 1. The second-order valence-corrected chi connectivity index (χ2v) is 4.41. The number of nitrogens with two attached hydrogens (primary N) is 1. The lowest BCUT2D eigenvalue weighted by Crippen LogP contribution is -2.14. The highest BCUT2D eigenvalue weighted by Crippen LogP contribution is 2.23. The van der Waals surface area contributed by atoms with Crippen molar-refractivity contribution in [1.82, 2.24) is 4.98 Å². The minimum Gasteiger partial charge on any atom is -0.321 e. The number of carbonyl (C=O) groups is 1. The summed E-state index contributed by atoms with van der Waals surface area (Å²) in [6.07, 6.45) is 2.93.